The predicted molar refractivity (Wildman–Crippen MR) is 46.9 cm³/mol. The van der Waals surface area contributed by atoms with Crippen LogP contribution in [0.3, 0.4) is 0 Å². The lowest BCUT2D eigenvalue weighted by Crippen LogP contribution is -2.17. The van der Waals surface area contributed by atoms with Crippen LogP contribution in [0.4, 0.5) is 0 Å². The van der Waals surface area contributed by atoms with E-state index in [0.717, 1.165) is 0 Å². The van der Waals surface area contributed by atoms with Crippen molar-refractivity contribution in [3.8, 4) is 0 Å². The van der Waals surface area contributed by atoms with E-state index in [1.54, 1.807) is 24.3 Å². The topological polar surface area (TPSA) is 83.6 Å². The highest BCUT2D eigenvalue weighted by Gasteiger charge is 2.09. The van der Waals surface area contributed by atoms with Gasteiger partial charge in [0.05, 0.1) is 0 Å². The highest BCUT2D eigenvalue weighted by atomic mass is 16.5. The third kappa shape index (κ3) is 2.54. The fourth-order valence-corrected chi connectivity index (χ4v) is 1.14. The number of aliphatic hydroxyl groups is 2. The molecular weight excluding hydrogens is 170 g/mol. The number of hydrogen-bond acceptors (Lipinski definition) is 3. The molecule has 0 atom stereocenters. The lowest BCUT2D eigenvalue weighted by molar-refractivity contribution is -0.0382. The number of amides is 1. The van der Waals surface area contributed by atoms with Gasteiger partial charge in [0.15, 0.2) is 6.29 Å². The van der Waals surface area contributed by atoms with Gasteiger partial charge in [-0.25, -0.2) is 0 Å². The average molecular weight is 181 g/mol. The maximum absolute atomic E-state index is 10.9. The zero-order chi connectivity index (χ0) is 9.84. The zero-order valence-electron chi connectivity index (χ0n) is 6.97. The van der Waals surface area contributed by atoms with Gasteiger partial charge < -0.3 is 15.9 Å². The lowest BCUT2D eigenvalue weighted by Gasteiger charge is -2.07. The molecule has 4 N–H and O–H groups in total. The average Bonchev–Trinajstić information content (AvgIpc) is 2.03. The minimum atomic E-state index is -1.46. The van der Waals surface area contributed by atoms with Crippen LogP contribution in [-0.4, -0.2) is 22.4 Å². The Morgan fingerprint density at radius 1 is 1.38 bits per heavy atom. The van der Waals surface area contributed by atoms with Gasteiger partial charge in [0.25, 0.3) is 0 Å². The third-order valence-corrected chi connectivity index (χ3v) is 1.69. The van der Waals surface area contributed by atoms with E-state index < -0.39 is 12.2 Å². The summed E-state index contributed by atoms with van der Waals surface area (Å²) in [7, 11) is 0. The maximum Gasteiger partial charge on any atom is 0.248 e. The van der Waals surface area contributed by atoms with Crippen LogP contribution in [0.25, 0.3) is 0 Å². The van der Waals surface area contributed by atoms with E-state index in [0.29, 0.717) is 11.1 Å². The van der Waals surface area contributed by atoms with Crippen LogP contribution in [0.2, 0.25) is 0 Å². The van der Waals surface area contributed by atoms with Crippen LogP contribution in [-0.2, 0) is 6.42 Å². The molecule has 0 saturated carbocycles. The Labute approximate surface area is 75.6 Å². The summed E-state index contributed by atoms with van der Waals surface area (Å²) < 4.78 is 0. The number of primary amides is 1. The Bertz CT molecular complexity index is 309. The van der Waals surface area contributed by atoms with Gasteiger partial charge in [0, 0.05) is 12.0 Å². The number of hydrogen-bond donors (Lipinski definition) is 3. The van der Waals surface area contributed by atoms with Crippen molar-refractivity contribution in [3.05, 3.63) is 35.4 Å². The first-order chi connectivity index (χ1) is 6.11. The molecule has 1 aromatic rings. The summed E-state index contributed by atoms with van der Waals surface area (Å²) in [5.41, 5.74) is 5.96. The zero-order valence-corrected chi connectivity index (χ0v) is 6.97. The Hall–Kier alpha value is -1.39. The van der Waals surface area contributed by atoms with Crippen molar-refractivity contribution in [2.24, 2.45) is 5.73 Å². The molecule has 4 heteroatoms. The van der Waals surface area contributed by atoms with Gasteiger partial charge in [-0.05, 0) is 11.6 Å². The van der Waals surface area contributed by atoms with Crippen molar-refractivity contribution >= 4 is 5.91 Å². The van der Waals surface area contributed by atoms with Gasteiger partial charge in [-0.15, -0.1) is 0 Å². The van der Waals surface area contributed by atoms with E-state index >= 15 is 0 Å². The molecule has 1 aromatic carbocycles. The highest BCUT2D eigenvalue weighted by molar-refractivity contribution is 5.94. The van der Waals surface area contributed by atoms with E-state index in [2.05, 4.69) is 0 Å². The van der Waals surface area contributed by atoms with Crippen molar-refractivity contribution in [2.45, 2.75) is 12.7 Å². The number of carbonyl (C=O) groups excluding carboxylic acids is 1. The molecule has 70 valence electrons. The maximum atomic E-state index is 10.9. The van der Waals surface area contributed by atoms with Crippen molar-refractivity contribution < 1.29 is 15.0 Å². The summed E-state index contributed by atoms with van der Waals surface area (Å²) in [6.45, 7) is 0. The third-order valence-electron chi connectivity index (χ3n) is 1.69. The van der Waals surface area contributed by atoms with Crippen LogP contribution < -0.4 is 5.73 Å². The summed E-state index contributed by atoms with van der Waals surface area (Å²) in [5, 5.41) is 17.4. The van der Waals surface area contributed by atoms with Gasteiger partial charge in [-0.1, -0.05) is 18.2 Å². The Morgan fingerprint density at radius 2 is 2.00 bits per heavy atom. The quantitative estimate of drug-likeness (QED) is 0.557. The van der Waals surface area contributed by atoms with Crippen LogP contribution in [0.5, 0.6) is 0 Å². The first kappa shape index (κ1) is 9.70. The summed E-state index contributed by atoms with van der Waals surface area (Å²) >= 11 is 0. The first-order valence-corrected chi connectivity index (χ1v) is 3.85. The minimum absolute atomic E-state index is 0.0130. The van der Waals surface area contributed by atoms with E-state index in [4.69, 9.17) is 15.9 Å². The van der Waals surface area contributed by atoms with E-state index in [1.165, 1.54) is 0 Å². The van der Waals surface area contributed by atoms with E-state index in [-0.39, 0.29) is 6.42 Å². The standard InChI is InChI=1S/C9H11NO3/c10-9(13)7-4-2-1-3-6(7)5-8(11)12/h1-4,8,11-12H,5H2,(H2,10,13). The summed E-state index contributed by atoms with van der Waals surface area (Å²) in [4.78, 5) is 10.9. The van der Waals surface area contributed by atoms with Gasteiger partial charge in [0.2, 0.25) is 5.91 Å². The molecule has 0 spiro atoms. The van der Waals surface area contributed by atoms with Crippen LogP contribution in [0.15, 0.2) is 24.3 Å². The molecule has 0 bridgehead atoms. The number of carbonyl (C=O) groups is 1. The molecule has 0 aliphatic carbocycles. The largest absolute Gasteiger partial charge is 0.368 e. The van der Waals surface area contributed by atoms with Gasteiger partial charge in [-0.3, -0.25) is 4.79 Å². The minimum Gasteiger partial charge on any atom is -0.368 e. The smallest absolute Gasteiger partial charge is 0.248 e. The number of rotatable bonds is 3. The molecule has 0 aromatic heterocycles. The molecule has 0 aliphatic heterocycles. The van der Waals surface area contributed by atoms with Crippen molar-refractivity contribution in [2.75, 3.05) is 0 Å². The molecule has 0 radical (unpaired) electrons. The second-order valence-corrected chi connectivity index (χ2v) is 2.71. The van der Waals surface area contributed by atoms with Gasteiger partial charge >= 0.3 is 0 Å². The summed E-state index contributed by atoms with van der Waals surface area (Å²) in [6.07, 6.45) is -1.44. The molecule has 13 heavy (non-hydrogen) atoms. The van der Waals surface area contributed by atoms with Crippen molar-refractivity contribution in [1.29, 1.82) is 0 Å². The van der Waals surface area contributed by atoms with Crippen LogP contribution in [0.1, 0.15) is 15.9 Å². The first-order valence-electron chi connectivity index (χ1n) is 3.85. The molecule has 0 heterocycles. The Kier molecular flexibility index (Phi) is 3.00. The lowest BCUT2D eigenvalue weighted by atomic mass is 10.0. The van der Waals surface area contributed by atoms with Gasteiger partial charge in [-0.2, -0.15) is 0 Å². The normalized spacial score (nSPS) is 10.4. The number of aliphatic hydroxyl groups excluding tert-OH is 1. The van der Waals surface area contributed by atoms with Crippen LogP contribution >= 0.6 is 0 Å². The van der Waals surface area contributed by atoms with Crippen molar-refractivity contribution in [1.82, 2.24) is 0 Å². The second-order valence-electron chi connectivity index (χ2n) is 2.71. The molecule has 0 fully saturated rings. The second kappa shape index (κ2) is 4.02. The Morgan fingerprint density at radius 3 is 2.54 bits per heavy atom. The monoisotopic (exact) mass is 181 g/mol. The molecule has 4 nitrogen and oxygen atoms in total. The molecular formula is C9H11NO3. The number of benzene rings is 1. The Balaban J connectivity index is 2.98. The summed E-state index contributed by atoms with van der Waals surface area (Å²) in [5.74, 6) is -0.559. The molecule has 1 amide bonds. The highest BCUT2D eigenvalue weighted by Crippen LogP contribution is 2.09. The van der Waals surface area contributed by atoms with Crippen LogP contribution in [0, 0.1) is 0 Å². The van der Waals surface area contributed by atoms with E-state index in [1.807, 2.05) is 0 Å². The molecule has 1 rings (SSSR count). The van der Waals surface area contributed by atoms with Gasteiger partial charge in [0.1, 0.15) is 0 Å². The molecule has 0 aliphatic rings. The fraction of sp³-hybridized carbons (Fsp3) is 0.222. The predicted octanol–water partition coefficient (Wildman–Crippen LogP) is -0.361. The molecule has 0 saturated heterocycles. The number of nitrogens with two attached hydrogens (primary N) is 1. The SMILES string of the molecule is NC(=O)c1ccccc1CC(O)O. The fourth-order valence-electron chi connectivity index (χ4n) is 1.14. The van der Waals surface area contributed by atoms with E-state index in [9.17, 15) is 4.79 Å². The molecule has 0 unspecified atom stereocenters. The summed E-state index contributed by atoms with van der Waals surface area (Å²) in [6, 6.07) is 6.58. The van der Waals surface area contributed by atoms with Crippen molar-refractivity contribution in [3.63, 3.8) is 0 Å².